The van der Waals surface area contributed by atoms with Gasteiger partial charge in [0.2, 0.25) is 0 Å². The van der Waals surface area contributed by atoms with Crippen LogP contribution >= 0.6 is 0 Å². The Bertz CT molecular complexity index is 733. The number of rotatable bonds is 4. The third-order valence-electron chi connectivity index (χ3n) is 3.33. The molecule has 0 bridgehead atoms. The normalized spacial score (nSPS) is 10.8. The Hall–Kier alpha value is -2.53. The van der Waals surface area contributed by atoms with Crippen molar-refractivity contribution < 1.29 is 0 Å². The maximum atomic E-state index is 4.52. The summed E-state index contributed by atoms with van der Waals surface area (Å²) in [5.41, 5.74) is 4.24. The fraction of sp³-hybridized carbons (Fsp3) is 0.188. The molecule has 2 aromatic heterocycles. The van der Waals surface area contributed by atoms with Crippen LogP contribution in [-0.2, 0) is 6.54 Å². The molecule has 0 aliphatic rings. The van der Waals surface area contributed by atoms with Crippen molar-refractivity contribution in [2.75, 3.05) is 7.05 Å². The highest BCUT2D eigenvalue weighted by atomic mass is 15.3. The van der Waals surface area contributed by atoms with Crippen LogP contribution in [0.4, 0.5) is 0 Å². The summed E-state index contributed by atoms with van der Waals surface area (Å²) < 4.78 is 1.71. The van der Waals surface area contributed by atoms with Gasteiger partial charge in [0.15, 0.2) is 0 Å². The zero-order valence-corrected chi connectivity index (χ0v) is 12.1. The average Bonchev–Trinajstić information content (AvgIpc) is 3.00. The number of aryl methyl sites for hydroxylation is 1. The third-order valence-corrected chi connectivity index (χ3v) is 3.33. The lowest BCUT2D eigenvalue weighted by Gasteiger charge is -2.06. The zero-order chi connectivity index (χ0) is 14.7. The molecule has 1 aromatic carbocycles. The summed E-state index contributed by atoms with van der Waals surface area (Å²) in [5, 5.41) is 7.46. The van der Waals surface area contributed by atoms with Gasteiger partial charge in [0.1, 0.15) is 0 Å². The van der Waals surface area contributed by atoms with E-state index in [2.05, 4.69) is 32.5 Å². The maximum absolute atomic E-state index is 4.52. The Balaban J connectivity index is 1.91. The second kappa shape index (κ2) is 5.85. The molecule has 0 fully saturated rings. The molecule has 0 amide bonds. The molecule has 5 nitrogen and oxygen atoms in total. The molecule has 0 saturated carbocycles. The van der Waals surface area contributed by atoms with Gasteiger partial charge in [0, 0.05) is 35.8 Å². The monoisotopic (exact) mass is 279 g/mol. The second-order valence-electron chi connectivity index (χ2n) is 4.85. The second-order valence-corrected chi connectivity index (χ2v) is 4.85. The highest BCUT2D eigenvalue weighted by Crippen LogP contribution is 2.18. The number of nitrogens with zero attached hydrogens (tertiary/aromatic N) is 4. The van der Waals surface area contributed by atoms with Crippen LogP contribution in [0.2, 0.25) is 0 Å². The topological polar surface area (TPSA) is 55.6 Å². The van der Waals surface area contributed by atoms with E-state index in [1.165, 1.54) is 0 Å². The van der Waals surface area contributed by atoms with Crippen LogP contribution < -0.4 is 5.32 Å². The van der Waals surface area contributed by atoms with Crippen LogP contribution in [0.15, 0.2) is 48.9 Å². The van der Waals surface area contributed by atoms with E-state index in [-0.39, 0.29) is 0 Å². The molecular formula is C16H17N5. The number of hydrogen-bond acceptors (Lipinski definition) is 4. The summed E-state index contributed by atoms with van der Waals surface area (Å²) in [6.45, 7) is 2.75. The van der Waals surface area contributed by atoms with Crippen LogP contribution in [-0.4, -0.2) is 26.8 Å². The first-order valence-electron chi connectivity index (χ1n) is 6.85. The van der Waals surface area contributed by atoms with Crippen molar-refractivity contribution in [1.29, 1.82) is 0 Å². The molecule has 0 spiro atoms. The molecule has 3 aromatic rings. The highest BCUT2D eigenvalue weighted by Gasteiger charge is 2.07. The molecule has 5 heteroatoms. The number of benzene rings is 1. The van der Waals surface area contributed by atoms with Gasteiger partial charge in [0.05, 0.1) is 6.20 Å². The van der Waals surface area contributed by atoms with Crippen LogP contribution in [0, 0.1) is 6.92 Å². The number of nitrogens with one attached hydrogen (secondary N) is 1. The van der Waals surface area contributed by atoms with E-state index in [4.69, 9.17) is 0 Å². The molecule has 0 unspecified atom stereocenters. The largest absolute Gasteiger partial charge is 0.316 e. The molecule has 106 valence electrons. The van der Waals surface area contributed by atoms with Gasteiger partial charge < -0.3 is 5.32 Å². The molecule has 0 saturated heterocycles. The van der Waals surface area contributed by atoms with Gasteiger partial charge in [-0.25, -0.2) is 14.6 Å². The molecule has 0 atom stereocenters. The van der Waals surface area contributed by atoms with Gasteiger partial charge in [-0.3, -0.25) is 0 Å². The smallest absolute Gasteiger partial charge is 0.250 e. The Kier molecular flexibility index (Phi) is 3.75. The van der Waals surface area contributed by atoms with Crippen molar-refractivity contribution in [2.24, 2.45) is 0 Å². The molecule has 2 heterocycles. The lowest BCUT2D eigenvalue weighted by Crippen LogP contribution is -2.10. The maximum Gasteiger partial charge on any atom is 0.250 e. The molecular weight excluding hydrogens is 262 g/mol. The van der Waals surface area contributed by atoms with Crippen molar-refractivity contribution in [1.82, 2.24) is 25.1 Å². The number of aromatic nitrogens is 4. The Morgan fingerprint density at radius 3 is 2.62 bits per heavy atom. The van der Waals surface area contributed by atoms with E-state index < -0.39 is 0 Å². The minimum atomic E-state index is 0.592. The van der Waals surface area contributed by atoms with Crippen LogP contribution in [0.3, 0.4) is 0 Å². The molecule has 0 aliphatic heterocycles. The lowest BCUT2D eigenvalue weighted by atomic mass is 10.1. The highest BCUT2D eigenvalue weighted by molar-refractivity contribution is 5.61. The van der Waals surface area contributed by atoms with Crippen molar-refractivity contribution in [3.8, 4) is 17.1 Å². The Morgan fingerprint density at radius 1 is 1.10 bits per heavy atom. The third kappa shape index (κ3) is 2.83. The lowest BCUT2D eigenvalue weighted by molar-refractivity contribution is 0.763. The predicted octanol–water partition coefficient (Wildman–Crippen LogP) is 2.36. The molecule has 21 heavy (non-hydrogen) atoms. The molecule has 0 aliphatic carbocycles. The van der Waals surface area contributed by atoms with Crippen LogP contribution in [0.1, 0.15) is 11.3 Å². The van der Waals surface area contributed by atoms with Gasteiger partial charge in [-0.1, -0.05) is 30.3 Å². The standard InChI is InChI=1S/C16H17N5/c1-12-14(8-17-2)9-18-16(20-12)21-11-15(10-19-21)13-6-4-3-5-7-13/h3-7,9-11,17H,8H2,1-2H3. The summed E-state index contributed by atoms with van der Waals surface area (Å²) >= 11 is 0. The molecule has 0 radical (unpaired) electrons. The van der Waals surface area contributed by atoms with E-state index in [9.17, 15) is 0 Å². The van der Waals surface area contributed by atoms with E-state index in [1.54, 1.807) is 4.68 Å². The first kappa shape index (κ1) is 13.5. The molecule has 1 N–H and O–H groups in total. The SMILES string of the molecule is CNCc1cnc(-n2cc(-c3ccccc3)cn2)nc1C. The van der Waals surface area contributed by atoms with E-state index in [0.29, 0.717) is 5.95 Å². The van der Waals surface area contributed by atoms with Crippen molar-refractivity contribution in [2.45, 2.75) is 13.5 Å². The fourth-order valence-electron chi connectivity index (χ4n) is 2.17. The quantitative estimate of drug-likeness (QED) is 0.796. The van der Waals surface area contributed by atoms with Gasteiger partial charge in [0.25, 0.3) is 5.95 Å². The van der Waals surface area contributed by atoms with E-state index in [1.807, 2.05) is 50.8 Å². The average molecular weight is 279 g/mol. The first-order chi connectivity index (χ1) is 10.3. The van der Waals surface area contributed by atoms with Crippen molar-refractivity contribution in [3.63, 3.8) is 0 Å². The minimum Gasteiger partial charge on any atom is -0.316 e. The van der Waals surface area contributed by atoms with Crippen molar-refractivity contribution >= 4 is 0 Å². The van der Waals surface area contributed by atoms with Crippen LogP contribution in [0.5, 0.6) is 0 Å². The van der Waals surface area contributed by atoms with Gasteiger partial charge in [-0.15, -0.1) is 0 Å². The van der Waals surface area contributed by atoms with Gasteiger partial charge in [-0.2, -0.15) is 5.10 Å². The van der Waals surface area contributed by atoms with Gasteiger partial charge >= 0.3 is 0 Å². The summed E-state index contributed by atoms with van der Waals surface area (Å²) in [6, 6.07) is 10.1. The minimum absolute atomic E-state index is 0.592. The molecule has 3 rings (SSSR count). The first-order valence-corrected chi connectivity index (χ1v) is 6.85. The summed E-state index contributed by atoms with van der Waals surface area (Å²) in [5.74, 6) is 0.592. The number of hydrogen-bond donors (Lipinski definition) is 1. The summed E-state index contributed by atoms with van der Waals surface area (Å²) in [4.78, 5) is 8.90. The zero-order valence-electron chi connectivity index (χ0n) is 12.1. The predicted molar refractivity (Wildman–Crippen MR) is 82.1 cm³/mol. The van der Waals surface area contributed by atoms with E-state index >= 15 is 0 Å². The Labute approximate surface area is 123 Å². The van der Waals surface area contributed by atoms with Crippen LogP contribution in [0.25, 0.3) is 17.1 Å². The Morgan fingerprint density at radius 2 is 1.90 bits per heavy atom. The van der Waals surface area contributed by atoms with Crippen molar-refractivity contribution in [3.05, 3.63) is 60.2 Å². The summed E-state index contributed by atoms with van der Waals surface area (Å²) in [6.07, 6.45) is 5.62. The van der Waals surface area contributed by atoms with E-state index in [0.717, 1.165) is 28.9 Å². The summed E-state index contributed by atoms with van der Waals surface area (Å²) in [7, 11) is 1.91. The fourth-order valence-corrected chi connectivity index (χ4v) is 2.17. The van der Waals surface area contributed by atoms with Gasteiger partial charge in [-0.05, 0) is 19.5 Å².